The van der Waals surface area contributed by atoms with Crippen molar-refractivity contribution in [3.63, 3.8) is 0 Å². The Bertz CT molecular complexity index is 1090. The summed E-state index contributed by atoms with van der Waals surface area (Å²) < 4.78 is 40.6. The van der Waals surface area contributed by atoms with Gasteiger partial charge in [-0.15, -0.1) is 13.2 Å². The van der Waals surface area contributed by atoms with Crippen LogP contribution in [0.4, 0.5) is 13.2 Å². The zero-order chi connectivity index (χ0) is 19.6. The van der Waals surface area contributed by atoms with Crippen molar-refractivity contribution >= 4 is 10.9 Å². The first kappa shape index (κ1) is 18.0. The second-order valence-corrected chi connectivity index (χ2v) is 6.48. The van der Waals surface area contributed by atoms with Gasteiger partial charge in [-0.3, -0.25) is 4.98 Å². The van der Waals surface area contributed by atoms with Crippen LogP contribution in [-0.2, 0) is 6.42 Å². The van der Waals surface area contributed by atoms with E-state index in [4.69, 9.17) is 0 Å². The van der Waals surface area contributed by atoms with Crippen molar-refractivity contribution in [2.75, 3.05) is 0 Å². The molecule has 0 spiro atoms. The van der Waals surface area contributed by atoms with Crippen LogP contribution in [0.5, 0.6) is 5.75 Å². The monoisotopic (exact) mass is 379 g/mol. The quantitative estimate of drug-likeness (QED) is 0.410. The van der Waals surface area contributed by atoms with E-state index in [2.05, 4.69) is 15.8 Å². The molecule has 0 aliphatic rings. The number of aromatic nitrogens is 1. The lowest BCUT2D eigenvalue weighted by atomic mass is 9.99. The third kappa shape index (κ3) is 4.31. The predicted molar refractivity (Wildman–Crippen MR) is 103 cm³/mol. The molecule has 0 aliphatic heterocycles. The molecular formula is C23H16F3NO. The van der Waals surface area contributed by atoms with E-state index in [1.807, 2.05) is 48.5 Å². The highest BCUT2D eigenvalue weighted by atomic mass is 19.4. The topological polar surface area (TPSA) is 22.1 Å². The zero-order valence-corrected chi connectivity index (χ0v) is 14.8. The number of nitrogens with zero attached hydrogens (tertiary/aromatic N) is 1. The Morgan fingerprint density at radius 2 is 1.39 bits per heavy atom. The van der Waals surface area contributed by atoms with Crippen LogP contribution in [0.3, 0.4) is 0 Å². The Kier molecular flexibility index (Phi) is 4.74. The van der Waals surface area contributed by atoms with E-state index >= 15 is 0 Å². The van der Waals surface area contributed by atoms with E-state index < -0.39 is 6.36 Å². The standard InChI is InChI=1S/C23H16F3NO/c24-23(25,26)28-21-10-5-17(6-11-21)14-16-3-7-18(8-4-16)19-9-12-22-20(15-19)2-1-13-27-22/h1-13,15H,14H2. The first-order valence-electron chi connectivity index (χ1n) is 8.75. The molecule has 0 saturated heterocycles. The molecule has 28 heavy (non-hydrogen) atoms. The van der Waals surface area contributed by atoms with Crippen LogP contribution in [0.1, 0.15) is 11.1 Å². The van der Waals surface area contributed by atoms with Gasteiger partial charge >= 0.3 is 6.36 Å². The number of rotatable bonds is 4. The Morgan fingerprint density at radius 1 is 0.750 bits per heavy atom. The van der Waals surface area contributed by atoms with E-state index in [0.717, 1.165) is 33.2 Å². The molecule has 0 aliphatic carbocycles. The number of benzene rings is 3. The van der Waals surface area contributed by atoms with Gasteiger partial charge < -0.3 is 4.74 Å². The van der Waals surface area contributed by atoms with Crippen molar-refractivity contribution in [3.8, 4) is 16.9 Å². The molecule has 1 aromatic heterocycles. The van der Waals surface area contributed by atoms with E-state index in [1.165, 1.54) is 12.1 Å². The lowest BCUT2D eigenvalue weighted by Crippen LogP contribution is -2.17. The van der Waals surface area contributed by atoms with Crippen LogP contribution in [0, 0.1) is 0 Å². The van der Waals surface area contributed by atoms with E-state index in [-0.39, 0.29) is 5.75 Å². The lowest BCUT2D eigenvalue weighted by Gasteiger charge is -2.09. The molecule has 0 saturated carbocycles. The fraction of sp³-hybridized carbons (Fsp3) is 0.0870. The summed E-state index contributed by atoms with van der Waals surface area (Å²) in [6.07, 6.45) is -2.26. The molecule has 0 N–H and O–H groups in total. The molecule has 4 rings (SSSR count). The van der Waals surface area contributed by atoms with Crippen LogP contribution >= 0.6 is 0 Å². The number of hydrogen-bond donors (Lipinski definition) is 0. The lowest BCUT2D eigenvalue weighted by molar-refractivity contribution is -0.274. The fourth-order valence-corrected chi connectivity index (χ4v) is 3.11. The van der Waals surface area contributed by atoms with Gasteiger partial charge in [-0.2, -0.15) is 0 Å². The van der Waals surface area contributed by atoms with Crippen LogP contribution in [-0.4, -0.2) is 11.3 Å². The van der Waals surface area contributed by atoms with Crippen molar-refractivity contribution in [2.45, 2.75) is 12.8 Å². The highest BCUT2D eigenvalue weighted by Gasteiger charge is 2.30. The molecule has 0 atom stereocenters. The molecule has 5 heteroatoms. The van der Waals surface area contributed by atoms with Gasteiger partial charge in [-0.05, 0) is 59.0 Å². The van der Waals surface area contributed by atoms with Gasteiger partial charge in [0.25, 0.3) is 0 Å². The van der Waals surface area contributed by atoms with Crippen LogP contribution in [0.2, 0.25) is 0 Å². The van der Waals surface area contributed by atoms with Crippen molar-refractivity contribution in [1.82, 2.24) is 4.98 Å². The normalized spacial score (nSPS) is 11.5. The number of fused-ring (bicyclic) bond motifs is 1. The maximum atomic E-state index is 12.2. The molecule has 0 bridgehead atoms. The number of pyridine rings is 1. The first-order chi connectivity index (χ1) is 13.5. The Hall–Kier alpha value is -3.34. The summed E-state index contributed by atoms with van der Waals surface area (Å²) in [4.78, 5) is 4.33. The van der Waals surface area contributed by atoms with E-state index in [1.54, 1.807) is 18.3 Å². The van der Waals surface area contributed by atoms with Crippen molar-refractivity contribution in [2.24, 2.45) is 0 Å². The van der Waals surface area contributed by atoms with Gasteiger partial charge in [-0.25, -0.2) is 0 Å². The van der Waals surface area contributed by atoms with E-state index in [0.29, 0.717) is 6.42 Å². The average Bonchev–Trinajstić information content (AvgIpc) is 2.69. The summed E-state index contributed by atoms with van der Waals surface area (Å²) in [5.41, 5.74) is 5.17. The Morgan fingerprint density at radius 3 is 2.07 bits per heavy atom. The van der Waals surface area contributed by atoms with Crippen LogP contribution < -0.4 is 4.74 Å². The fourth-order valence-electron chi connectivity index (χ4n) is 3.11. The molecule has 4 aromatic rings. The van der Waals surface area contributed by atoms with Crippen LogP contribution in [0.15, 0.2) is 85.1 Å². The second-order valence-electron chi connectivity index (χ2n) is 6.48. The molecule has 0 radical (unpaired) electrons. The highest BCUT2D eigenvalue weighted by molar-refractivity contribution is 5.84. The minimum atomic E-state index is -4.67. The van der Waals surface area contributed by atoms with Gasteiger partial charge in [0.1, 0.15) is 5.75 Å². The number of hydrogen-bond acceptors (Lipinski definition) is 2. The SMILES string of the molecule is FC(F)(F)Oc1ccc(Cc2ccc(-c3ccc4ncccc4c3)cc2)cc1. The summed E-state index contributed by atoms with van der Waals surface area (Å²) in [7, 11) is 0. The smallest absolute Gasteiger partial charge is 0.406 e. The maximum Gasteiger partial charge on any atom is 0.573 e. The third-order valence-electron chi connectivity index (χ3n) is 4.46. The van der Waals surface area contributed by atoms with E-state index in [9.17, 15) is 13.2 Å². The predicted octanol–water partition coefficient (Wildman–Crippen LogP) is 6.39. The Labute approximate surface area is 160 Å². The molecule has 0 fully saturated rings. The van der Waals surface area contributed by atoms with Gasteiger partial charge in [0.15, 0.2) is 0 Å². The van der Waals surface area contributed by atoms with Gasteiger partial charge in [0.05, 0.1) is 5.52 Å². The van der Waals surface area contributed by atoms with Crippen molar-refractivity contribution in [3.05, 3.63) is 96.2 Å². The van der Waals surface area contributed by atoms with Gasteiger partial charge in [0, 0.05) is 11.6 Å². The summed E-state index contributed by atoms with van der Waals surface area (Å²) >= 11 is 0. The molecule has 3 aromatic carbocycles. The largest absolute Gasteiger partial charge is 0.573 e. The van der Waals surface area contributed by atoms with Gasteiger partial charge in [-0.1, -0.05) is 48.5 Å². The minimum Gasteiger partial charge on any atom is -0.406 e. The number of alkyl halides is 3. The molecule has 0 unspecified atom stereocenters. The number of halogens is 3. The summed E-state index contributed by atoms with van der Waals surface area (Å²) in [5, 5.41) is 1.09. The maximum absolute atomic E-state index is 12.2. The third-order valence-corrected chi connectivity index (χ3v) is 4.46. The minimum absolute atomic E-state index is 0.211. The van der Waals surface area contributed by atoms with Crippen molar-refractivity contribution < 1.29 is 17.9 Å². The molecule has 0 amide bonds. The second kappa shape index (κ2) is 7.35. The number of ether oxygens (including phenoxy) is 1. The summed E-state index contributed by atoms with van der Waals surface area (Å²) in [6.45, 7) is 0. The first-order valence-corrected chi connectivity index (χ1v) is 8.75. The zero-order valence-electron chi connectivity index (χ0n) is 14.8. The van der Waals surface area contributed by atoms with Gasteiger partial charge in [0.2, 0.25) is 0 Å². The average molecular weight is 379 g/mol. The summed E-state index contributed by atoms with van der Waals surface area (Å²) in [5.74, 6) is -0.211. The molecule has 1 heterocycles. The summed E-state index contributed by atoms with van der Waals surface area (Å²) in [6, 6.07) is 24.2. The molecular weight excluding hydrogens is 363 g/mol. The molecule has 2 nitrogen and oxygen atoms in total. The van der Waals surface area contributed by atoms with Crippen molar-refractivity contribution in [1.29, 1.82) is 0 Å². The Balaban J connectivity index is 1.48. The highest BCUT2D eigenvalue weighted by Crippen LogP contribution is 2.26. The van der Waals surface area contributed by atoms with Crippen LogP contribution in [0.25, 0.3) is 22.0 Å². The molecule has 140 valence electrons.